The molecule has 1 rings (SSSR count). The smallest absolute Gasteiger partial charge is 0.153 e. The zero-order valence-electron chi connectivity index (χ0n) is 9.63. The molecule has 0 fully saturated rings. The Bertz CT molecular complexity index is 365. The maximum Gasteiger partial charge on any atom is 0.153 e. The Hall–Kier alpha value is -1.09. The number of nitrogens with two attached hydrogens (primary N) is 1. The van der Waals surface area contributed by atoms with E-state index >= 15 is 0 Å². The molecule has 0 aromatic heterocycles. The van der Waals surface area contributed by atoms with Crippen molar-refractivity contribution in [2.24, 2.45) is 5.73 Å². The molecule has 0 radical (unpaired) electrons. The summed E-state index contributed by atoms with van der Waals surface area (Å²) in [5, 5.41) is 0. The maximum absolute atomic E-state index is 5.76. The number of hydrogen-bond donors (Lipinski definition) is 1. The zero-order valence-corrected chi connectivity index (χ0v) is 10.4. The molecule has 2 N–H and O–H groups in total. The van der Waals surface area contributed by atoms with Crippen LogP contribution >= 0.6 is 12.2 Å². The van der Waals surface area contributed by atoms with Crippen molar-refractivity contribution in [2.45, 2.75) is 33.3 Å². The van der Waals surface area contributed by atoms with E-state index in [1.165, 1.54) is 11.1 Å². The number of ether oxygens (including phenoxy) is 1. The maximum atomic E-state index is 5.76. The third-order valence-electron chi connectivity index (χ3n) is 2.16. The van der Waals surface area contributed by atoms with Gasteiger partial charge < -0.3 is 10.5 Å². The average Bonchev–Trinajstić information content (AvgIpc) is 1.99. The molecule has 0 bridgehead atoms. The Kier molecular flexibility index (Phi) is 3.35. The summed E-state index contributed by atoms with van der Waals surface area (Å²) in [6.07, 6.45) is 0. The number of benzene rings is 1. The molecule has 0 aliphatic carbocycles. The van der Waals surface area contributed by atoms with E-state index in [1.807, 2.05) is 39.8 Å². The number of hydrogen-bond acceptors (Lipinski definition) is 2. The molecule has 0 aliphatic heterocycles. The van der Waals surface area contributed by atoms with Crippen LogP contribution in [0, 0.1) is 13.8 Å². The van der Waals surface area contributed by atoms with Gasteiger partial charge in [0.2, 0.25) is 0 Å². The Morgan fingerprint density at radius 1 is 1.20 bits per heavy atom. The molecule has 15 heavy (non-hydrogen) atoms. The molecule has 0 aliphatic rings. The van der Waals surface area contributed by atoms with E-state index in [9.17, 15) is 0 Å². The molecule has 0 heterocycles. The van der Waals surface area contributed by atoms with Gasteiger partial charge in [0.15, 0.2) is 5.60 Å². The molecular formula is C12H17NOS. The summed E-state index contributed by atoms with van der Waals surface area (Å²) in [5.74, 6) is 0.810. The lowest BCUT2D eigenvalue weighted by molar-refractivity contribution is 0.183. The van der Waals surface area contributed by atoms with Crippen molar-refractivity contribution < 1.29 is 4.74 Å². The number of thiocarbonyl (C=S) groups is 1. The summed E-state index contributed by atoms with van der Waals surface area (Å²) in [6.45, 7) is 7.81. The van der Waals surface area contributed by atoms with Gasteiger partial charge in [-0.15, -0.1) is 0 Å². The number of aryl methyl sites for hydroxylation is 2. The molecule has 0 atom stereocenters. The first-order valence-electron chi connectivity index (χ1n) is 4.88. The van der Waals surface area contributed by atoms with Crippen LogP contribution in [0.2, 0.25) is 0 Å². The van der Waals surface area contributed by atoms with Crippen molar-refractivity contribution >= 4 is 17.2 Å². The van der Waals surface area contributed by atoms with E-state index in [2.05, 4.69) is 6.07 Å². The first kappa shape index (κ1) is 12.0. The Morgan fingerprint density at radius 2 is 1.67 bits per heavy atom. The van der Waals surface area contributed by atoms with Crippen molar-refractivity contribution in [1.82, 2.24) is 0 Å². The summed E-state index contributed by atoms with van der Waals surface area (Å²) in [6, 6.07) is 6.06. The second-order valence-corrected chi connectivity index (χ2v) is 4.74. The molecule has 2 nitrogen and oxygen atoms in total. The lowest BCUT2D eigenvalue weighted by atomic mass is 10.1. The topological polar surface area (TPSA) is 35.2 Å². The van der Waals surface area contributed by atoms with Crippen LogP contribution in [0.5, 0.6) is 5.75 Å². The second kappa shape index (κ2) is 4.19. The van der Waals surface area contributed by atoms with E-state index in [-0.39, 0.29) is 0 Å². The van der Waals surface area contributed by atoms with Crippen molar-refractivity contribution in [3.8, 4) is 5.75 Å². The molecule has 0 saturated heterocycles. The van der Waals surface area contributed by atoms with Crippen LogP contribution in [0.1, 0.15) is 25.0 Å². The van der Waals surface area contributed by atoms with E-state index in [0.29, 0.717) is 4.99 Å². The largest absolute Gasteiger partial charge is 0.481 e. The van der Waals surface area contributed by atoms with Gasteiger partial charge in [0, 0.05) is 0 Å². The normalized spacial score (nSPS) is 11.2. The van der Waals surface area contributed by atoms with Gasteiger partial charge in [-0.05, 0) is 51.0 Å². The third-order valence-corrected chi connectivity index (χ3v) is 2.65. The minimum atomic E-state index is -0.602. The van der Waals surface area contributed by atoms with Crippen LogP contribution in [0.25, 0.3) is 0 Å². The quantitative estimate of drug-likeness (QED) is 0.800. The van der Waals surface area contributed by atoms with Gasteiger partial charge in [-0.2, -0.15) is 0 Å². The zero-order chi connectivity index (χ0) is 11.6. The van der Waals surface area contributed by atoms with Crippen LogP contribution in [-0.2, 0) is 0 Å². The predicted octanol–water partition coefficient (Wildman–Crippen LogP) is 2.75. The molecule has 1 aromatic rings. The highest BCUT2D eigenvalue weighted by Gasteiger charge is 2.23. The predicted molar refractivity (Wildman–Crippen MR) is 67.4 cm³/mol. The van der Waals surface area contributed by atoms with Crippen molar-refractivity contribution in [2.75, 3.05) is 0 Å². The minimum absolute atomic E-state index is 0.363. The van der Waals surface area contributed by atoms with Gasteiger partial charge in [-0.25, -0.2) is 0 Å². The summed E-state index contributed by atoms with van der Waals surface area (Å²) in [4.78, 5) is 0.363. The first-order valence-corrected chi connectivity index (χ1v) is 5.29. The van der Waals surface area contributed by atoms with Gasteiger partial charge in [0.1, 0.15) is 10.7 Å². The van der Waals surface area contributed by atoms with E-state index in [4.69, 9.17) is 22.7 Å². The Balaban J connectivity index is 2.94. The van der Waals surface area contributed by atoms with Gasteiger partial charge in [-0.3, -0.25) is 0 Å². The summed E-state index contributed by atoms with van der Waals surface area (Å²) in [7, 11) is 0. The van der Waals surface area contributed by atoms with Crippen molar-refractivity contribution in [3.63, 3.8) is 0 Å². The average molecular weight is 223 g/mol. The van der Waals surface area contributed by atoms with E-state index < -0.39 is 5.60 Å². The molecule has 82 valence electrons. The SMILES string of the molecule is Cc1cc(C)cc(OC(C)(C)C(N)=S)c1. The lowest BCUT2D eigenvalue weighted by Crippen LogP contribution is -2.42. The van der Waals surface area contributed by atoms with Gasteiger partial charge in [-0.1, -0.05) is 18.3 Å². The minimum Gasteiger partial charge on any atom is -0.481 e. The van der Waals surface area contributed by atoms with Crippen LogP contribution in [0.3, 0.4) is 0 Å². The fraction of sp³-hybridized carbons (Fsp3) is 0.417. The fourth-order valence-corrected chi connectivity index (χ4v) is 1.38. The molecule has 3 heteroatoms. The van der Waals surface area contributed by atoms with E-state index in [1.54, 1.807) is 0 Å². The molecule has 1 aromatic carbocycles. The Morgan fingerprint density at radius 3 is 2.07 bits per heavy atom. The first-order chi connectivity index (χ1) is 6.81. The summed E-state index contributed by atoms with van der Waals surface area (Å²) >= 11 is 4.95. The fourth-order valence-electron chi connectivity index (χ4n) is 1.34. The molecular weight excluding hydrogens is 206 g/mol. The standard InChI is InChI=1S/C12H17NOS/c1-8-5-9(2)7-10(6-8)14-12(3,4)11(13)15/h5-7H,1-4H3,(H2,13,15). The Labute approximate surface area is 96.4 Å². The third kappa shape index (κ3) is 3.20. The highest BCUT2D eigenvalue weighted by molar-refractivity contribution is 7.80. The van der Waals surface area contributed by atoms with Gasteiger partial charge in [0.25, 0.3) is 0 Å². The lowest BCUT2D eigenvalue weighted by Gasteiger charge is -2.25. The molecule has 0 spiro atoms. The van der Waals surface area contributed by atoms with Crippen LogP contribution < -0.4 is 10.5 Å². The van der Waals surface area contributed by atoms with Crippen molar-refractivity contribution in [3.05, 3.63) is 29.3 Å². The molecule has 0 saturated carbocycles. The molecule has 0 amide bonds. The highest BCUT2D eigenvalue weighted by Crippen LogP contribution is 2.21. The van der Waals surface area contributed by atoms with E-state index in [0.717, 1.165) is 5.75 Å². The highest BCUT2D eigenvalue weighted by atomic mass is 32.1. The monoisotopic (exact) mass is 223 g/mol. The van der Waals surface area contributed by atoms with Crippen LogP contribution in [0.4, 0.5) is 0 Å². The number of rotatable bonds is 3. The van der Waals surface area contributed by atoms with Crippen LogP contribution in [0.15, 0.2) is 18.2 Å². The van der Waals surface area contributed by atoms with Crippen LogP contribution in [-0.4, -0.2) is 10.6 Å². The molecule has 0 unspecified atom stereocenters. The van der Waals surface area contributed by atoms with Crippen molar-refractivity contribution in [1.29, 1.82) is 0 Å². The summed E-state index contributed by atoms with van der Waals surface area (Å²) in [5.41, 5.74) is 7.34. The van der Waals surface area contributed by atoms with Gasteiger partial charge in [0.05, 0.1) is 0 Å². The summed E-state index contributed by atoms with van der Waals surface area (Å²) < 4.78 is 5.76. The second-order valence-electron chi connectivity index (χ2n) is 4.30. The van der Waals surface area contributed by atoms with Gasteiger partial charge >= 0.3 is 0 Å².